The second-order valence-corrected chi connectivity index (χ2v) is 12.1. The molecule has 37 heavy (non-hydrogen) atoms. The number of phosphoric ester groups is 1. The fraction of sp³-hybridized carbons (Fsp3) is 0.407. The fourth-order valence-electron chi connectivity index (χ4n) is 5.83. The SMILES string of the molecule is CC1(C)CC(=O)n2c(c(-c3ccc(C(N)=O)c(N[C@H]4CC[C@H](OP(=O)(O)O)CC4)c3)c3ccccc32)C1. The van der Waals surface area contributed by atoms with Crippen LogP contribution in [0.25, 0.3) is 22.0 Å². The van der Waals surface area contributed by atoms with Crippen molar-refractivity contribution < 1.29 is 28.5 Å². The quantitative estimate of drug-likeness (QED) is 0.337. The average Bonchev–Trinajstić information content (AvgIpc) is 3.12. The van der Waals surface area contributed by atoms with Crippen LogP contribution in [0.3, 0.4) is 0 Å². The van der Waals surface area contributed by atoms with Crippen LogP contribution in [-0.2, 0) is 15.5 Å². The van der Waals surface area contributed by atoms with Crippen LogP contribution in [0, 0.1) is 5.41 Å². The lowest BCUT2D eigenvalue weighted by Crippen LogP contribution is -2.31. The molecule has 1 saturated carbocycles. The topological polar surface area (TPSA) is 144 Å². The van der Waals surface area contributed by atoms with E-state index < -0.39 is 19.8 Å². The second kappa shape index (κ2) is 9.40. The van der Waals surface area contributed by atoms with Gasteiger partial charge in [-0.15, -0.1) is 0 Å². The third-order valence-corrected chi connectivity index (χ3v) is 7.96. The molecule has 3 aromatic rings. The first-order chi connectivity index (χ1) is 17.4. The van der Waals surface area contributed by atoms with Crippen molar-refractivity contribution in [3.8, 4) is 11.1 Å². The Morgan fingerprint density at radius 3 is 2.49 bits per heavy atom. The number of anilines is 1. The summed E-state index contributed by atoms with van der Waals surface area (Å²) in [6, 6.07) is 13.4. The summed E-state index contributed by atoms with van der Waals surface area (Å²) in [5.74, 6) is -0.470. The summed E-state index contributed by atoms with van der Waals surface area (Å²) in [6.07, 6.45) is 2.95. The van der Waals surface area contributed by atoms with Gasteiger partial charge in [-0.1, -0.05) is 38.1 Å². The molecule has 0 spiro atoms. The third kappa shape index (κ3) is 5.22. The Kier molecular flexibility index (Phi) is 6.52. The number of aromatic nitrogens is 1. The molecule has 1 aromatic heterocycles. The van der Waals surface area contributed by atoms with Crippen molar-refractivity contribution in [2.75, 3.05) is 5.32 Å². The van der Waals surface area contributed by atoms with E-state index in [4.69, 9.17) is 20.0 Å². The normalized spacial score (nSPS) is 21.6. The fourth-order valence-corrected chi connectivity index (χ4v) is 6.43. The van der Waals surface area contributed by atoms with Crippen molar-refractivity contribution in [1.29, 1.82) is 0 Å². The zero-order chi connectivity index (χ0) is 26.5. The number of phosphoric acid groups is 1. The van der Waals surface area contributed by atoms with E-state index in [0.717, 1.165) is 34.1 Å². The number of primary amides is 1. The number of benzene rings is 2. The summed E-state index contributed by atoms with van der Waals surface area (Å²) < 4.78 is 17.9. The maximum absolute atomic E-state index is 13.2. The standard InChI is InChI=1S/C27H32N3O6P/c1-27(2)14-23-25(20-5-3-4-6-22(20)30(23)24(31)15-27)16-7-12-19(26(28)32)21(13-16)29-17-8-10-18(11-9-17)36-37(33,34)35/h3-7,12-13,17-18,29H,8-11,14-15H2,1-2H3,(H2,28,32)(H2,33,34,35)/t17-,18-. The molecular formula is C27H32N3O6P. The van der Waals surface area contributed by atoms with Gasteiger partial charge in [0.25, 0.3) is 5.91 Å². The number of nitrogens with one attached hydrogen (secondary N) is 1. The molecule has 5 rings (SSSR count). The van der Waals surface area contributed by atoms with E-state index in [0.29, 0.717) is 43.4 Å². The number of carbonyl (C=O) groups is 2. The highest BCUT2D eigenvalue weighted by Gasteiger charge is 2.35. The zero-order valence-electron chi connectivity index (χ0n) is 20.9. The number of hydrogen-bond donors (Lipinski definition) is 4. The Morgan fingerprint density at radius 1 is 1.11 bits per heavy atom. The molecule has 1 fully saturated rings. The van der Waals surface area contributed by atoms with E-state index >= 15 is 0 Å². The van der Waals surface area contributed by atoms with Crippen LogP contribution in [0.2, 0.25) is 0 Å². The number of hydrogen-bond acceptors (Lipinski definition) is 5. The number of carbonyl (C=O) groups excluding carboxylic acids is 2. The number of nitrogens with zero attached hydrogens (tertiary/aromatic N) is 1. The van der Waals surface area contributed by atoms with E-state index in [-0.39, 0.29) is 17.4 Å². The molecular weight excluding hydrogens is 493 g/mol. The molecule has 2 aliphatic rings. The Labute approximate surface area is 215 Å². The van der Waals surface area contributed by atoms with E-state index in [1.807, 2.05) is 41.0 Å². The Balaban J connectivity index is 1.52. The first kappa shape index (κ1) is 25.7. The van der Waals surface area contributed by atoms with Gasteiger partial charge in [-0.05, 0) is 61.3 Å². The average molecular weight is 526 g/mol. The van der Waals surface area contributed by atoms with Crippen molar-refractivity contribution >= 4 is 36.2 Å². The molecule has 0 atom stereocenters. The zero-order valence-corrected chi connectivity index (χ0v) is 21.8. The van der Waals surface area contributed by atoms with Crippen molar-refractivity contribution in [1.82, 2.24) is 4.57 Å². The van der Waals surface area contributed by atoms with Gasteiger partial charge in [0.1, 0.15) is 0 Å². The van der Waals surface area contributed by atoms with Gasteiger partial charge >= 0.3 is 7.82 Å². The van der Waals surface area contributed by atoms with E-state index in [1.165, 1.54) is 0 Å². The van der Waals surface area contributed by atoms with E-state index in [9.17, 15) is 14.2 Å². The highest BCUT2D eigenvalue weighted by molar-refractivity contribution is 7.46. The Hall–Kier alpha value is -2.97. The van der Waals surface area contributed by atoms with Gasteiger partial charge in [-0.3, -0.25) is 18.7 Å². The van der Waals surface area contributed by atoms with E-state index in [1.54, 1.807) is 6.07 Å². The number of rotatable bonds is 6. The molecule has 0 radical (unpaired) electrons. The summed E-state index contributed by atoms with van der Waals surface area (Å²) in [5.41, 5.74) is 10.2. The summed E-state index contributed by atoms with van der Waals surface area (Å²) in [6.45, 7) is 4.21. The van der Waals surface area contributed by atoms with Gasteiger partial charge in [-0.25, -0.2) is 4.57 Å². The van der Waals surface area contributed by atoms with Crippen LogP contribution >= 0.6 is 7.82 Å². The monoisotopic (exact) mass is 525 g/mol. The highest BCUT2D eigenvalue weighted by atomic mass is 31.2. The molecule has 0 bridgehead atoms. The summed E-state index contributed by atoms with van der Waals surface area (Å²) in [4.78, 5) is 43.6. The summed E-state index contributed by atoms with van der Waals surface area (Å²) in [7, 11) is -4.53. The maximum atomic E-state index is 13.2. The molecule has 1 aliphatic carbocycles. The van der Waals surface area contributed by atoms with E-state index in [2.05, 4.69) is 19.2 Å². The molecule has 9 nitrogen and oxygen atoms in total. The summed E-state index contributed by atoms with van der Waals surface area (Å²) in [5, 5.41) is 4.43. The lowest BCUT2D eigenvalue weighted by molar-refractivity contribution is 0.0815. The van der Waals surface area contributed by atoms with Crippen LogP contribution in [0.1, 0.15) is 66.8 Å². The molecule has 2 heterocycles. The maximum Gasteiger partial charge on any atom is 0.469 e. The molecule has 0 saturated heterocycles. The van der Waals surface area contributed by atoms with Crippen LogP contribution in [0.4, 0.5) is 5.69 Å². The van der Waals surface area contributed by atoms with Crippen LogP contribution in [0.5, 0.6) is 0 Å². The molecule has 1 amide bonds. The minimum absolute atomic E-state index is 0.00909. The highest BCUT2D eigenvalue weighted by Crippen LogP contribution is 2.44. The van der Waals surface area contributed by atoms with Gasteiger partial charge in [0.2, 0.25) is 5.91 Å². The van der Waals surface area contributed by atoms with Crippen molar-refractivity contribution in [2.45, 2.75) is 64.5 Å². The predicted molar refractivity (Wildman–Crippen MR) is 141 cm³/mol. The van der Waals surface area contributed by atoms with Crippen LogP contribution in [-0.4, -0.2) is 38.3 Å². The number of amides is 1. The molecule has 5 N–H and O–H groups in total. The number of para-hydroxylation sites is 1. The largest absolute Gasteiger partial charge is 0.469 e. The molecule has 10 heteroatoms. The lowest BCUT2D eigenvalue weighted by atomic mass is 9.80. The predicted octanol–water partition coefficient (Wildman–Crippen LogP) is 4.85. The first-order valence-electron chi connectivity index (χ1n) is 12.5. The molecule has 1 aliphatic heterocycles. The van der Waals surface area contributed by atoms with Gasteiger partial charge < -0.3 is 20.8 Å². The third-order valence-electron chi connectivity index (χ3n) is 7.39. The molecule has 0 unspecified atom stereocenters. The van der Waals surface area contributed by atoms with Gasteiger partial charge in [0.15, 0.2) is 0 Å². The van der Waals surface area contributed by atoms with Gasteiger partial charge in [-0.2, -0.15) is 0 Å². The van der Waals surface area contributed by atoms with Crippen molar-refractivity contribution in [2.24, 2.45) is 11.1 Å². The Morgan fingerprint density at radius 2 is 1.81 bits per heavy atom. The van der Waals surface area contributed by atoms with Crippen molar-refractivity contribution in [3.05, 3.63) is 53.7 Å². The van der Waals surface area contributed by atoms with Gasteiger partial charge in [0.05, 0.1) is 17.2 Å². The lowest BCUT2D eigenvalue weighted by Gasteiger charge is -2.31. The minimum atomic E-state index is -4.53. The van der Waals surface area contributed by atoms with Crippen LogP contribution < -0.4 is 11.1 Å². The molecule has 196 valence electrons. The smallest absolute Gasteiger partial charge is 0.382 e. The summed E-state index contributed by atoms with van der Waals surface area (Å²) >= 11 is 0. The Bertz CT molecular complexity index is 1430. The first-order valence-corrected chi connectivity index (χ1v) is 14.1. The second-order valence-electron chi connectivity index (χ2n) is 10.9. The van der Waals surface area contributed by atoms with Gasteiger partial charge in [0, 0.05) is 34.8 Å². The number of nitrogens with two attached hydrogens (primary N) is 1. The molecule has 2 aromatic carbocycles. The minimum Gasteiger partial charge on any atom is -0.382 e. The number of fused-ring (bicyclic) bond motifs is 3. The van der Waals surface area contributed by atoms with Crippen LogP contribution in [0.15, 0.2) is 42.5 Å². The van der Waals surface area contributed by atoms with Crippen molar-refractivity contribution in [3.63, 3.8) is 0 Å².